The number of nitrogens with zero attached hydrogens (tertiary/aromatic N) is 2. The number of carbonyl (C=O) groups is 2. The third-order valence-corrected chi connectivity index (χ3v) is 14.1. The molecule has 0 saturated carbocycles. The fourth-order valence-electron chi connectivity index (χ4n) is 10.2. The van der Waals surface area contributed by atoms with Gasteiger partial charge in [-0.05, 0) is 103 Å². The molecule has 4 atom stereocenters. The summed E-state index contributed by atoms with van der Waals surface area (Å²) in [7, 11) is 14.6. The van der Waals surface area contributed by atoms with E-state index in [4.69, 9.17) is 37.9 Å². The number of rotatable bonds is 19. The maximum atomic E-state index is 12.9. The summed E-state index contributed by atoms with van der Waals surface area (Å²) < 4.78 is 47.2. The van der Waals surface area contributed by atoms with Crippen LogP contribution in [-0.2, 0) is 38.3 Å². The molecule has 2 aliphatic rings. The van der Waals surface area contributed by atoms with Gasteiger partial charge >= 0.3 is 11.9 Å². The van der Waals surface area contributed by atoms with E-state index in [2.05, 4.69) is 78.2 Å². The van der Waals surface area contributed by atoms with Crippen molar-refractivity contribution in [1.29, 1.82) is 0 Å². The lowest BCUT2D eigenvalue weighted by Crippen LogP contribution is -2.53. The van der Waals surface area contributed by atoms with E-state index in [1.807, 2.05) is 12.1 Å². The van der Waals surface area contributed by atoms with Gasteiger partial charge in [-0.1, -0.05) is 12.1 Å². The van der Waals surface area contributed by atoms with Gasteiger partial charge in [0, 0.05) is 55.4 Å². The van der Waals surface area contributed by atoms with Crippen LogP contribution in [0.1, 0.15) is 80.6 Å². The predicted molar refractivity (Wildman–Crippen MR) is 252 cm³/mol. The number of aryl methyl sites for hydroxylation is 2. The molecule has 350 valence electrons. The first-order chi connectivity index (χ1) is 31.1. The highest BCUT2D eigenvalue weighted by atomic mass is 16.5. The van der Waals surface area contributed by atoms with Crippen LogP contribution in [0.15, 0.2) is 60.7 Å². The number of fused-ring (bicyclic) bond motifs is 2. The average Bonchev–Trinajstić information content (AvgIpc) is 3.30. The Morgan fingerprint density at radius 2 is 1.15 bits per heavy atom. The first kappa shape index (κ1) is 48.7. The van der Waals surface area contributed by atoms with E-state index in [1.54, 1.807) is 42.7 Å². The molecule has 2 heterocycles. The summed E-state index contributed by atoms with van der Waals surface area (Å²) in [6.45, 7) is 12.2. The van der Waals surface area contributed by atoms with Crippen molar-refractivity contribution in [2.75, 3.05) is 96.1 Å². The van der Waals surface area contributed by atoms with Crippen LogP contribution in [0.4, 0.5) is 0 Å². The summed E-state index contributed by atoms with van der Waals surface area (Å²) in [6.07, 6.45) is 6.15. The first-order valence-electron chi connectivity index (χ1n) is 22.6. The highest BCUT2D eigenvalue weighted by Crippen LogP contribution is 2.47. The van der Waals surface area contributed by atoms with Crippen molar-refractivity contribution in [2.45, 2.75) is 71.9 Å². The van der Waals surface area contributed by atoms with Gasteiger partial charge in [-0.25, -0.2) is 9.59 Å². The molecule has 0 aliphatic carbocycles. The minimum absolute atomic E-state index is 0.0669. The second-order valence-electron chi connectivity index (χ2n) is 18.0. The number of methoxy groups -OCH3 is 6. The van der Waals surface area contributed by atoms with Crippen LogP contribution in [0.2, 0.25) is 0 Å². The van der Waals surface area contributed by atoms with Gasteiger partial charge in [-0.2, -0.15) is 0 Å². The second kappa shape index (κ2) is 21.1. The van der Waals surface area contributed by atoms with Crippen LogP contribution in [-0.4, -0.2) is 117 Å². The Labute approximate surface area is 386 Å². The summed E-state index contributed by atoms with van der Waals surface area (Å²) >= 11 is 0. The standard InChI is InChI=1S/C53H70N2O10/c1-34-27-38(30-45(59-8)36(34)3)29-43-51-40(28-35(2)37(4)53(51)63-12)20-23-54(43,5)21-13-25-64-49(56)17-18-50(57)65-26-14-22-55(6)24-19-39-31-47(61-10)48(62-11)33-42(39)52(55)41-15-16-44(58-7)46(32-41)60-9/h15-18,27-28,30-33,43,52H,13-14,19-26,29H2,1-12H3/q+2/b18-17-. The van der Waals surface area contributed by atoms with Crippen molar-refractivity contribution in [2.24, 2.45) is 0 Å². The summed E-state index contributed by atoms with van der Waals surface area (Å²) in [5, 5.41) is 0. The van der Waals surface area contributed by atoms with E-state index in [1.165, 1.54) is 33.4 Å². The van der Waals surface area contributed by atoms with E-state index >= 15 is 0 Å². The fourth-order valence-corrected chi connectivity index (χ4v) is 10.2. The van der Waals surface area contributed by atoms with Gasteiger partial charge in [0.05, 0.1) is 102 Å². The number of esters is 2. The first-order valence-corrected chi connectivity index (χ1v) is 22.6. The molecule has 0 aromatic heterocycles. The van der Waals surface area contributed by atoms with Crippen LogP contribution in [0.5, 0.6) is 34.5 Å². The lowest BCUT2D eigenvalue weighted by Gasteiger charge is -2.46. The minimum atomic E-state index is -0.586. The molecule has 0 bridgehead atoms. The molecule has 0 fully saturated rings. The highest BCUT2D eigenvalue weighted by molar-refractivity contribution is 5.91. The second-order valence-corrected chi connectivity index (χ2v) is 18.0. The molecule has 0 amide bonds. The summed E-state index contributed by atoms with van der Waals surface area (Å²) in [5.74, 6) is 3.36. The number of likely N-dealkylation sites (N-methyl/N-ethyl adjacent to an activating group) is 2. The Balaban J connectivity index is 1.06. The smallest absolute Gasteiger partial charge is 0.331 e. The molecule has 2 aliphatic heterocycles. The summed E-state index contributed by atoms with van der Waals surface area (Å²) in [6, 6.07) is 17.0. The number of hydrogen-bond donors (Lipinski definition) is 0. The van der Waals surface area contributed by atoms with Gasteiger partial charge in [-0.15, -0.1) is 0 Å². The summed E-state index contributed by atoms with van der Waals surface area (Å²) in [5.41, 5.74) is 11.9. The number of quaternary nitrogens is 2. The highest BCUT2D eigenvalue weighted by Gasteiger charge is 2.43. The van der Waals surface area contributed by atoms with E-state index in [0.29, 0.717) is 40.3 Å². The quantitative estimate of drug-likeness (QED) is 0.0394. The van der Waals surface area contributed by atoms with Crippen molar-refractivity contribution < 1.29 is 56.5 Å². The van der Waals surface area contributed by atoms with Gasteiger partial charge < -0.3 is 46.9 Å². The SMILES string of the molecule is COc1ccc(C2c3cc(OC)c(OC)cc3CC[N+]2(C)CCCOC(=O)/C=C\C(=O)OCCC[N+]2(C)CCc3cc(C)c(C)c(OC)c3C2Cc2cc(C)c(C)c(OC)c2)cc1OC. The zero-order chi connectivity index (χ0) is 47.1. The zero-order valence-electron chi connectivity index (χ0n) is 40.7. The fraction of sp³-hybridized carbons (Fsp3) is 0.472. The van der Waals surface area contributed by atoms with Crippen molar-refractivity contribution >= 4 is 11.9 Å². The van der Waals surface area contributed by atoms with Crippen molar-refractivity contribution in [3.63, 3.8) is 0 Å². The lowest BCUT2D eigenvalue weighted by atomic mass is 9.83. The van der Waals surface area contributed by atoms with Gasteiger partial charge in [0.15, 0.2) is 23.0 Å². The Bertz CT molecular complexity index is 2390. The van der Waals surface area contributed by atoms with E-state index in [0.717, 1.165) is 95.8 Å². The molecule has 4 unspecified atom stereocenters. The Morgan fingerprint density at radius 1 is 0.600 bits per heavy atom. The Morgan fingerprint density at radius 3 is 1.77 bits per heavy atom. The molecule has 4 aromatic carbocycles. The van der Waals surface area contributed by atoms with Gasteiger partial charge in [-0.3, -0.25) is 0 Å². The van der Waals surface area contributed by atoms with Crippen molar-refractivity contribution in [3.05, 3.63) is 116 Å². The number of hydrogen-bond acceptors (Lipinski definition) is 10. The molecule has 6 rings (SSSR count). The molecule has 12 heteroatoms. The van der Waals surface area contributed by atoms with Crippen LogP contribution >= 0.6 is 0 Å². The Kier molecular flexibility index (Phi) is 15.8. The van der Waals surface area contributed by atoms with Crippen LogP contribution < -0.4 is 28.4 Å². The molecule has 12 nitrogen and oxygen atoms in total. The third-order valence-electron chi connectivity index (χ3n) is 14.1. The minimum Gasteiger partial charge on any atom is -0.496 e. The lowest BCUT2D eigenvalue weighted by molar-refractivity contribution is -0.941. The van der Waals surface area contributed by atoms with Gasteiger partial charge in [0.1, 0.15) is 23.6 Å². The molecule has 4 aromatic rings. The topological polar surface area (TPSA) is 108 Å². The molecule has 0 saturated heterocycles. The van der Waals surface area contributed by atoms with Gasteiger partial charge in [0.25, 0.3) is 0 Å². The van der Waals surface area contributed by atoms with Crippen molar-refractivity contribution in [3.8, 4) is 34.5 Å². The molecule has 0 spiro atoms. The maximum Gasteiger partial charge on any atom is 0.331 e. The molecular weight excluding hydrogens is 825 g/mol. The van der Waals surface area contributed by atoms with E-state index in [9.17, 15) is 9.59 Å². The third kappa shape index (κ3) is 10.5. The summed E-state index contributed by atoms with van der Waals surface area (Å²) in [4.78, 5) is 25.7. The van der Waals surface area contributed by atoms with E-state index in [-0.39, 0.29) is 25.3 Å². The van der Waals surface area contributed by atoms with Crippen molar-refractivity contribution in [1.82, 2.24) is 0 Å². The number of benzene rings is 4. The Hall–Kier alpha value is -5.72. The number of carbonyl (C=O) groups excluding carboxylic acids is 2. The van der Waals surface area contributed by atoms with E-state index < -0.39 is 11.9 Å². The predicted octanol–water partition coefficient (Wildman–Crippen LogP) is 8.47. The van der Waals surface area contributed by atoms with Crippen LogP contribution in [0.3, 0.4) is 0 Å². The molecule has 0 N–H and O–H groups in total. The normalized spacial score (nSPS) is 20.1. The molecular formula is C53H70N2O10+2. The maximum absolute atomic E-state index is 12.9. The monoisotopic (exact) mass is 895 g/mol. The molecule has 65 heavy (non-hydrogen) atoms. The largest absolute Gasteiger partial charge is 0.496 e. The van der Waals surface area contributed by atoms with Crippen LogP contribution in [0.25, 0.3) is 0 Å². The zero-order valence-corrected chi connectivity index (χ0v) is 40.7. The number of ether oxygens (including phenoxy) is 8. The van der Waals surface area contributed by atoms with Crippen LogP contribution in [0, 0.1) is 27.7 Å². The molecule has 0 radical (unpaired) electrons. The average molecular weight is 895 g/mol. The van der Waals surface area contributed by atoms with Gasteiger partial charge in [0.2, 0.25) is 0 Å².